The molecule has 9 nitrogen and oxygen atoms in total. The number of amides is 1. The Morgan fingerprint density at radius 3 is 2.07 bits per heavy atom. The van der Waals surface area contributed by atoms with E-state index >= 15 is 0 Å². The fourth-order valence-corrected chi connectivity index (χ4v) is 2.62. The summed E-state index contributed by atoms with van der Waals surface area (Å²) in [6, 6.07) is 16.2. The Morgan fingerprint density at radius 2 is 1.46 bits per heavy atom. The SMILES string of the molecule is C/C(=N/NC(=O)c1cc([N+](=O)[O-])cc([N+](=O)[O-])c1)c1ccc2ccccc2c1. The van der Waals surface area contributed by atoms with E-state index in [4.69, 9.17) is 0 Å². The van der Waals surface area contributed by atoms with Crippen molar-refractivity contribution in [2.24, 2.45) is 5.10 Å². The van der Waals surface area contributed by atoms with Crippen LogP contribution in [0.3, 0.4) is 0 Å². The minimum atomic E-state index is -0.798. The molecule has 28 heavy (non-hydrogen) atoms. The van der Waals surface area contributed by atoms with E-state index in [9.17, 15) is 25.0 Å². The zero-order chi connectivity index (χ0) is 20.3. The second kappa shape index (κ2) is 7.62. The number of non-ortho nitro benzene ring substituents is 2. The van der Waals surface area contributed by atoms with Gasteiger partial charge in [-0.05, 0) is 29.3 Å². The number of nitrogens with one attached hydrogen (secondary N) is 1. The third-order valence-electron chi connectivity index (χ3n) is 4.08. The van der Waals surface area contributed by atoms with Gasteiger partial charge in [-0.2, -0.15) is 5.10 Å². The first kappa shape index (κ1) is 18.6. The maximum absolute atomic E-state index is 12.3. The summed E-state index contributed by atoms with van der Waals surface area (Å²) in [6.07, 6.45) is 0. The van der Waals surface area contributed by atoms with Crippen molar-refractivity contribution in [3.05, 3.63) is 92.0 Å². The number of nitro benzene ring substituents is 2. The lowest BCUT2D eigenvalue weighted by Crippen LogP contribution is -2.19. The van der Waals surface area contributed by atoms with Crippen LogP contribution < -0.4 is 5.43 Å². The van der Waals surface area contributed by atoms with Crippen molar-refractivity contribution in [1.82, 2.24) is 5.43 Å². The molecule has 0 radical (unpaired) electrons. The van der Waals surface area contributed by atoms with Crippen LogP contribution in [0.25, 0.3) is 10.8 Å². The molecule has 1 amide bonds. The number of hydrogen-bond donors (Lipinski definition) is 1. The van der Waals surface area contributed by atoms with Crippen molar-refractivity contribution in [3.8, 4) is 0 Å². The van der Waals surface area contributed by atoms with E-state index in [2.05, 4.69) is 10.5 Å². The van der Waals surface area contributed by atoms with Gasteiger partial charge in [0, 0.05) is 12.1 Å². The van der Waals surface area contributed by atoms with E-state index in [1.54, 1.807) is 6.92 Å². The number of hydrogen-bond acceptors (Lipinski definition) is 6. The summed E-state index contributed by atoms with van der Waals surface area (Å²) in [5.41, 5.74) is 2.26. The molecule has 0 aliphatic carbocycles. The second-order valence-electron chi connectivity index (χ2n) is 5.95. The monoisotopic (exact) mass is 378 g/mol. The average molecular weight is 378 g/mol. The van der Waals surface area contributed by atoms with Crippen LogP contribution in [-0.4, -0.2) is 21.5 Å². The molecule has 140 valence electrons. The van der Waals surface area contributed by atoms with Gasteiger partial charge in [0.1, 0.15) is 0 Å². The second-order valence-corrected chi connectivity index (χ2v) is 5.95. The van der Waals surface area contributed by atoms with Gasteiger partial charge in [-0.3, -0.25) is 25.0 Å². The molecule has 0 spiro atoms. The highest BCUT2D eigenvalue weighted by molar-refractivity contribution is 6.03. The fourth-order valence-electron chi connectivity index (χ4n) is 2.62. The Bertz CT molecular complexity index is 1110. The number of benzene rings is 3. The summed E-state index contributed by atoms with van der Waals surface area (Å²) in [7, 11) is 0. The highest BCUT2D eigenvalue weighted by Gasteiger charge is 2.19. The Labute approximate surface area is 158 Å². The van der Waals surface area contributed by atoms with E-state index in [-0.39, 0.29) is 5.56 Å². The van der Waals surface area contributed by atoms with Gasteiger partial charge in [-0.15, -0.1) is 0 Å². The highest BCUT2D eigenvalue weighted by Crippen LogP contribution is 2.22. The van der Waals surface area contributed by atoms with Crippen molar-refractivity contribution in [1.29, 1.82) is 0 Å². The molecule has 3 aromatic rings. The Balaban J connectivity index is 1.85. The smallest absolute Gasteiger partial charge is 0.267 e. The van der Waals surface area contributed by atoms with Gasteiger partial charge < -0.3 is 0 Å². The highest BCUT2D eigenvalue weighted by atomic mass is 16.6. The molecule has 0 fully saturated rings. The quantitative estimate of drug-likeness (QED) is 0.410. The minimum Gasteiger partial charge on any atom is -0.267 e. The molecule has 0 unspecified atom stereocenters. The van der Waals surface area contributed by atoms with Crippen LogP contribution in [0.1, 0.15) is 22.8 Å². The van der Waals surface area contributed by atoms with Gasteiger partial charge in [-0.25, -0.2) is 5.43 Å². The Kier molecular flexibility index (Phi) is 5.07. The van der Waals surface area contributed by atoms with E-state index in [1.807, 2.05) is 42.5 Å². The fraction of sp³-hybridized carbons (Fsp3) is 0.0526. The van der Waals surface area contributed by atoms with Gasteiger partial charge in [0.2, 0.25) is 0 Å². The van der Waals surface area contributed by atoms with Gasteiger partial charge in [0.25, 0.3) is 17.3 Å². The number of hydrazone groups is 1. The molecule has 9 heteroatoms. The van der Waals surface area contributed by atoms with E-state index in [0.717, 1.165) is 34.5 Å². The van der Waals surface area contributed by atoms with Crippen molar-refractivity contribution in [2.75, 3.05) is 0 Å². The lowest BCUT2D eigenvalue weighted by atomic mass is 10.0. The molecule has 3 aromatic carbocycles. The Morgan fingerprint density at radius 1 is 0.857 bits per heavy atom. The molecule has 1 N–H and O–H groups in total. The number of fused-ring (bicyclic) bond motifs is 1. The summed E-state index contributed by atoms with van der Waals surface area (Å²) in [4.78, 5) is 32.5. The summed E-state index contributed by atoms with van der Waals surface area (Å²) in [6.45, 7) is 1.69. The summed E-state index contributed by atoms with van der Waals surface area (Å²) in [5, 5.41) is 27.9. The van der Waals surface area contributed by atoms with Crippen LogP contribution in [0.15, 0.2) is 65.8 Å². The largest absolute Gasteiger partial charge is 0.277 e. The summed E-state index contributed by atoms with van der Waals surface area (Å²) < 4.78 is 0. The summed E-state index contributed by atoms with van der Waals surface area (Å²) >= 11 is 0. The van der Waals surface area contributed by atoms with Crippen molar-refractivity contribution >= 4 is 33.8 Å². The molecule has 0 aliphatic heterocycles. The van der Waals surface area contributed by atoms with Gasteiger partial charge in [0.05, 0.1) is 27.2 Å². The van der Waals surface area contributed by atoms with Crippen molar-refractivity contribution < 1.29 is 14.6 Å². The molecule has 0 saturated carbocycles. The number of carbonyl (C=O) groups is 1. The van der Waals surface area contributed by atoms with Crippen LogP contribution in [0.4, 0.5) is 11.4 Å². The first-order valence-corrected chi connectivity index (χ1v) is 8.13. The van der Waals surface area contributed by atoms with E-state index < -0.39 is 27.1 Å². The molecule has 3 rings (SSSR count). The van der Waals surface area contributed by atoms with Crippen LogP contribution >= 0.6 is 0 Å². The van der Waals surface area contributed by atoms with Crippen LogP contribution in [0, 0.1) is 20.2 Å². The maximum atomic E-state index is 12.3. The first-order chi connectivity index (χ1) is 13.3. The number of nitrogens with zero attached hydrogens (tertiary/aromatic N) is 3. The molecule has 0 atom stereocenters. The molecule has 0 bridgehead atoms. The third-order valence-corrected chi connectivity index (χ3v) is 4.08. The molecular weight excluding hydrogens is 364 g/mol. The van der Waals surface area contributed by atoms with Crippen molar-refractivity contribution in [2.45, 2.75) is 6.92 Å². The zero-order valence-electron chi connectivity index (χ0n) is 14.7. The van der Waals surface area contributed by atoms with Gasteiger partial charge in [0.15, 0.2) is 0 Å². The number of rotatable bonds is 5. The molecule has 0 saturated heterocycles. The number of nitro groups is 2. The van der Waals surface area contributed by atoms with Gasteiger partial charge in [-0.1, -0.05) is 36.4 Å². The molecule has 0 aromatic heterocycles. The average Bonchev–Trinajstić information content (AvgIpc) is 2.70. The van der Waals surface area contributed by atoms with Gasteiger partial charge >= 0.3 is 0 Å². The van der Waals surface area contributed by atoms with Crippen LogP contribution in [-0.2, 0) is 0 Å². The molecular formula is C19H14N4O5. The Hall–Kier alpha value is -4.14. The van der Waals surface area contributed by atoms with Crippen LogP contribution in [0.2, 0.25) is 0 Å². The van der Waals surface area contributed by atoms with Crippen LogP contribution in [0.5, 0.6) is 0 Å². The predicted octanol–water partition coefficient (Wildman–Crippen LogP) is 3.81. The number of carbonyl (C=O) groups excluding carboxylic acids is 1. The molecule has 0 heterocycles. The van der Waals surface area contributed by atoms with Crippen molar-refractivity contribution in [3.63, 3.8) is 0 Å². The lowest BCUT2D eigenvalue weighted by molar-refractivity contribution is -0.394. The predicted molar refractivity (Wildman–Crippen MR) is 103 cm³/mol. The molecule has 0 aliphatic rings. The maximum Gasteiger partial charge on any atom is 0.277 e. The minimum absolute atomic E-state index is 0.226. The summed E-state index contributed by atoms with van der Waals surface area (Å²) in [5.74, 6) is -0.785. The third kappa shape index (κ3) is 3.98. The lowest BCUT2D eigenvalue weighted by Gasteiger charge is -2.05. The topological polar surface area (TPSA) is 128 Å². The van der Waals surface area contributed by atoms with E-state index in [0.29, 0.717) is 5.71 Å². The standard InChI is InChI=1S/C19H14N4O5/c1-12(14-7-6-13-4-2-3-5-15(13)8-14)20-21-19(24)16-9-17(22(25)26)11-18(10-16)23(27)28/h2-11H,1H3,(H,21,24)/b20-12-. The first-order valence-electron chi connectivity index (χ1n) is 8.13. The van der Waals surface area contributed by atoms with E-state index in [1.165, 1.54) is 0 Å². The zero-order valence-corrected chi connectivity index (χ0v) is 14.7. The normalized spacial score (nSPS) is 11.2.